The molecular weight excluding hydrogens is 185 g/mol. The highest BCUT2D eigenvalue weighted by molar-refractivity contribution is 4.97. The summed E-state index contributed by atoms with van der Waals surface area (Å²) in [5, 5.41) is 0. The van der Waals surface area contributed by atoms with Crippen molar-refractivity contribution in [3.8, 4) is 0 Å². The van der Waals surface area contributed by atoms with E-state index < -0.39 is 23.9 Å². The second kappa shape index (κ2) is 3.51. The van der Waals surface area contributed by atoms with Gasteiger partial charge >= 0.3 is 6.18 Å². The Morgan fingerprint density at radius 1 is 1.23 bits per heavy atom. The van der Waals surface area contributed by atoms with Crippen molar-refractivity contribution in [3.63, 3.8) is 0 Å². The summed E-state index contributed by atoms with van der Waals surface area (Å²) in [7, 11) is 0. The number of hydrogen-bond donors (Lipinski definition) is 0. The molecule has 1 rings (SSSR count). The summed E-state index contributed by atoms with van der Waals surface area (Å²) >= 11 is 0. The van der Waals surface area contributed by atoms with Gasteiger partial charge in [-0.25, -0.2) is 4.98 Å². The molecule has 0 N–H and O–H groups in total. The number of alkyl halides is 3. The quantitative estimate of drug-likeness (QED) is 0.661. The highest BCUT2D eigenvalue weighted by Crippen LogP contribution is 2.17. The van der Waals surface area contributed by atoms with Gasteiger partial charge in [-0.1, -0.05) is 0 Å². The van der Waals surface area contributed by atoms with Crippen LogP contribution in [0.4, 0.5) is 13.2 Å². The Morgan fingerprint density at radius 2 is 1.85 bits per heavy atom. The van der Waals surface area contributed by atoms with Crippen LogP contribution < -0.4 is 5.56 Å². The first-order chi connectivity index (χ1) is 5.99. The van der Waals surface area contributed by atoms with E-state index in [0.29, 0.717) is 0 Å². The van der Waals surface area contributed by atoms with Crippen LogP contribution in [0.5, 0.6) is 0 Å². The van der Waals surface area contributed by atoms with E-state index in [-0.39, 0.29) is 0 Å². The van der Waals surface area contributed by atoms with Gasteiger partial charge in [-0.05, 0) is 6.07 Å². The van der Waals surface area contributed by atoms with Crippen LogP contribution in [-0.4, -0.2) is 16.1 Å². The first-order valence-electron chi connectivity index (χ1n) is 3.36. The minimum atomic E-state index is -4.43. The Hall–Kier alpha value is -1.46. The number of hydrogen-bond acceptors (Lipinski definition) is 3. The standard InChI is InChI=1S/C7H5F3N2O/c8-7(9,10)4-5-6(13)12-3-1-2-11-5/h1-3H,4H2. The fourth-order valence-corrected chi connectivity index (χ4v) is 0.723. The van der Waals surface area contributed by atoms with Gasteiger partial charge < -0.3 is 0 Å². The normalized spacial score (nSPS) is 11.3. The molecular formula is C7H5F3N2O. The topological polar surface area (TPSA) is 42.9 Å². The second-order valence-electron chi connectivity index (χ2n) is 2.29. The van der Waals surface area contributed by atoms with Gasteiger partial charge in [0.25, 0.3) is 5.56 Å². The minimum Gasteiger partial charge on any atom is -0.265 e. The Morgan fingerprint density at radius 3 is 2.46 bits per heavy atom. The fourth-order valence-electron chi connectivity index (χ4n) is 0.723. The predicted octanol–water partition coefficient (Wildman–Crippen LogP) is 0.942. The second-order valence-corrected chi connectivity index (χ2v) is 2.29. The van der Waals surface area contributed by atoms with Gasteiger partial charge in [-0.3, -0.25) is 9.78 Å². The van der Waals surface area contributed by atoms with Crippen LogP contribution in [0.25, 0.3) is 0 Å². The lowest BCUT2D eigenvalue weighted by Gasteiger charge is -2.01. The van der Waals surface area contributed by atoms with Crippen molar-refractivity contribution in [2.75, 3.05) is 0 Å². The molecule has 0 aromatic carbocycles. The van der Waals surface area contributed by atoms with E-state index >= 15 is 0 Å². The molecule has 0 fully saturated rings. The van der Waals surface area contributed by atoms with E-state index in [9.17, 15) is 18.0 Å². The molecule has 0 unspecified atom stereocenters. The molecule has 0 spiro atoms. The van der Waals surface area contributed by atoms with E-state index in [0.717, 1.165) is 12.4 Å². The SMILES string of the molecule is O=c1ncccnc1CC(F)(F)F. The Bertz CT molecular complexity index is 350. The maximum Gasteiger partial charge on any atom is 0.394 e. The number of rotatable bonds is 1. The average Bonchev–Trinajstić information content (AvgIpc) is 2.14. The van der Waals surface area contributed by atoms with Gasteiger partial charge in [0.15, 0.2) is 0 Å². The Kier molecular flexibility index (Phi) is 2.60. The first kappa shape index (κ1) is 9.63. The summed E-state index contributed by atoms with van der Waals surface area (Å²) in [5.74, 6) is 0. The van der Waals surface area contributed by atoms with Crippen molar-refractivity contribution >= 4 is 0 Å². The summed E-state index contributed by atoms with van der Waals surface area (Å²) in [6.45, 7) is 0. The number of aromatic nitrogens is 2. The van der Waals surface area contributed by atoms with Crippen LogP contribution in [0.1, 0.15) is 5.69 Å². The maximum atomic E-state index is 11.8. The summed E-state index contributed by atoms with van der Waals surface area (Å²) < 4.78 is 35.5. The van der Waals surface area contributed by atoms with Crippen molar-refractivity contribution in [3.05, 3.63) is 34.5 Å². The molecule has 0 aliphatic rings. The van der Waals surface area contributed by atoms with Gasteiger partial charge in [-0.15, -0.1) is 0 Å². The van der Waals surface area contributed by atoms with Crippen LogP contribution in [-0.2, 0) is 6.42 Å². The van der Waals surface area contributed by atoms with Crippen LogP contribution >= 0.6 is 0 Å². The molecule has 1 aromatic rings. The van der Waals surface area contributed by atoms with Gasteiger partial charge in [-0.2, -0.15) is 13.2 Å². The molecule has 70 valence electrons. The summed E-state index contributed by atoms with van der Waals surface area (Å²) in [4.78, 5) is 17.4. The lowest BCUT2D eigenvalue weighted by molar-refractivity contribution is -0.128. The molecule has 1 heterocycles. The third kappa shape index (κ3) is 3.18. The highest BCUT2D eigenvalue weighted by Gasteiger charge is 2.29. The number of halogens is 3. The van der Waals surface area contributed by atoms with Crippen molar-refractivity contribution in [1.82, 2.24) is 9.97 Å². The smallest absolute Gasteiger partial charge is 0.265 e. The Balaban J connectivity index is 3.04. The lowest BCUT2D eigenvalue weighted by Crippen LogP contribution is -2.20. The summed E-state index contributed by atoms with van der Waals surface area (Å²) in [5.41, 5.74) is -1.53. The molecule has 0 aliphatic heterocycles. The third-order valence-corrected chi connectivity index (χ3v) is 1.21. The van der Waals surface area contributed by atoms with Crippen molar-refractivity contribution < 1.29 is 13.2 Å². The fraction of sp³-hybridized carbons (Fsp3) is 0.286. The molecule has 3 nitrogen and oxygen atoms in total. The van der Waals surface area contributed by atoms with E-state index in [2.05, 4.69) is 9.97 Å². The molecule has 0 atom stereocenters. The minimum absolute atomic E-state index is 0.586. The van der Waals surface area contributed by atoms with Gasteiger partial charge in [0.2, 0.25) is 0 Å². The molecule has 13 heavy (non-hydrogen) atoms. The van der Waals surface area contributed by atoms with Crippen LogP contribution in [0.15, 0.2) is 23.3 Å². The lowest BCUT2D eigenvalue weighted by atomic mass is 10.3. The highest BCUT2D eigenvalue weighted by atomic mass is 19.4. The first-order valence-corrected chi connectivity index (χ1v) is 3.36. The molecule has 0 aliphatic carbocycles. The molecule has 0 saturated heterocycles. The van der Waals surface area contributed by atoms with Crippen molar-refractivity contribution in [2.45, 2.75) is 12.6 Å². The zero-order valence-corrected chi connectivity index (χ0v) is 6.38. The van der Waals surface area contributed by atoms with Crippen molar-refractivity contribution in [2.24, 2.45) is 0 Å². The average molecular weight is 190 g/mol. The van der Waals surface area contributed by atoms with Gasteiger partial charge in [0.1, 0.15) is 5.69 Å². The van der Waals surface area contributed by atoms with Gasteiger partial charge in [0, 0.05) is 12.4 Å². The zero-order chi connectivity index (χ0) is 9.90. The zero-order valence-electron chi connectivity index (χ0n) is 6.38. The van der Waals surface area contributed by atoms with Crippen LogP contribution in [0.2, 0.25) is 0 Å². The van der Waals surface area contributed by atoms with E-state index in [1.165, 1.54) is 6.07 Å². The van der Waals surface area contributed by atoms with Crippen LogP contribution in [0.3, 0.4) is 0 Å². The summed E-state index contributed by atoms with van der Waals surface area (Å²) in [6.07, 6.45) is -3.56. The number of nitrogens with zero attached hydrogens (tertiary/aromatic N) is 2. The van der Waals surface area contributed by atoms with E-state index in [1.54, 1.807) is 0 Å². The molecule has 0 bridgehead atoms. The molecule has 0 radical (unpaired) electrons. The van der Waals surface area contributed by atoms with Gasteiger partial charge in [0.05, 0.1) is 6.42 Å². The largest absolute Gasteiger partial charge is 0.394 e. The Labute approximate surface area is 71.3 Å². The molecule has 0 saturated carbocycles. The molecule has 0 amide bonds. The summed E-state index contributed by atoms with van der Waals surface area (Å²) in [6, 6.07) is 1.29. The predicted molar refractivity (Wildman–Crippen MR) is 38.1 cm³/mol. The molecule has 1 aromatic heterocycles. The van der Waals surface area contributed by atoms with Crippen LogP contribution in [0, 0.1) is 0 Å². The van der Waals surface area contributed by atoms with E-state index in [1.807, 2.05) is 0 Å². The maximum absolute atomic E-state index is 11.8. The van der Waals surface area contributed by atoms with Crippen molar-refractivity contribution in [1.29, 1.82) is 0 Å². The monoisotopic (exact) mass is 190 g/mol. The third-order valence-electron chi connectivity index (χ3n) is 1.21. The van der Waals surface area contributed by atoms with E-state index in [4.69, 9.17) is 0 Å². The molecule has 6 heteroatoms.